The second kappa shape index (κ2) is 7.58. The number of nitrogens with one attached hydrogen (secondary N) is 1. The van der Waals surface area contributed by atoms with Crippen LogP contribution in [0.25, 0.3) is 16.9 Å². The minimum atomic E-state index is -5.38. The van der Waals surface area contributed by atoms with Gasteiger partial charge in [0.2, 0.25) is 0 Å². The van der Waals surface area contributed by atoms with E-state index in [2.05, 4.69) is 15.3 Å². The minimum absolute atomic E-state index is 0.0231. The van der Waals surface area contributed by atoms with Crippen LogP contribution in [0.5, 0.6) is 0 Å². The third-order valence-corrected chi connectivity index (χ3v) is 7.25. The molecule has 0 radical (unpaired) electrons. The summed E-state index contributed by atoms with van der Waals surface area (Å²) in [6.07, 6.45) is -5.99. The molecular formula is C23H21F6N5O2. The monoisotopic (exact) mass is 513 g/mol. The highest BCUT2D eigenvalue weighted by Gasteiger charge is 2.63. The van der Waals surface area contributed by atoms with Crippen molar-refractivity contribution in [3.63, 3.8) is 0 Å². The Morgan fingerprint density at radius 3 is 2.50 bits per heavy atom. The number of hydrogen-bond donors (Lipinski definition) is 3. The largest absolute Gasteiger partial charge is 0.434 e. The van der Waals surface area contributed by atoms with Crippen LogP contribution in [-0.4, -0.2) is 37.1 Å². The fraction of sp³-hybridized carbons (Fsp3) is 0.435. The van der Waals surface area contributed by atoms with Gasteiger partial charge < -0.3 is 16.2 Å². The van der Waals surface area contributed by atoms with E-state index in [-0.39, 0.29) is 16.9 Å². The van der Waals surface area contributed by atoms with E-state index in [1.54, 1.807) is 0 Å². The maximum absolute atomic E-state index is 14.2. The first kappa shape index (κ1) is 24.3. The van der Waals surface area contributed by atoms with E-state index in [1.165, 1.54) is 13.0 Å². The Morgan fingerprint density at radius 2 is 1.92 bits per heavy atom. The zero-order valence-electron chi connectivity index (χ0n) is 18.8. The molecule has 2 bridgehead atoms. The van der Waals surface area contributed by atoms with Crippen molar-refractivity contribution in [1.82, 2.24) is 19.7 Å². The van der Waals surface area contributed by atoms with Gasteiger partial charge in [0.05, 0.1) is 11.9 Å². The average Bonchev–Trinajstić information content (AvgIpc) is 3.46. The van der Waals surface area contributed by atoms with Gasteiger partial charge in [-0.05, 0) is 50.2 Å². The molecule has 3 aliphatic carbocycles. The van der Waals surface area contributed by atoms with E-state index in [0.717, 1.165) is 29.2 Å². The van der Waals surface area contributed by atoms with Gasteiger partial charge in [0, 0.05) is 22.9 Å². The van der Waals surface area contributed by atoms with Crippen LogP contribution in [0.15, 0.2) is 30.6 Å². The highest BCUT2D eigenvalue weighted by molar-refractivity contribution is 5.89. The molecule has 2 aromatic heterocycles. The number of nitrogen functional groups attached to an aromatic ring is 1. The molecule has 4 N–H and O–H groups in total. The molecule has 1 aromatic carbocycles. The van der Waals surface area contributed by atoms with Crippen LogP contribution in [-0.2, 0) is 16.6 Å². The van der Waals surface area contributed by atoms with Crippen LogP contribution in [0.1, 0.15) is 42.5 Å². The van der Waals surface area contributed by atoms with Crippen LogP contribution in [0, 0.1) is 12.8 Å². The van der Waals surface area contributed by atoms with Gasteiger partial charge in [-0.1, -0.05) is 12.1 Å². The van der Waals surface area contributed by atoms with Gasteiger partial charge in [-0.2, -0.15) is 26.3 Å². The van der Waals surface area contributed by atoms with Crippen LogP contribution in [0.2, 0.25) is 0 Å². The number of aliphatic hydroxyl groups is 1. The van der Waals surface area contributed by atoms with Gasteiger partial charge in [0.25, 0.3) is 11.5 Å². The highest BCUT2D eigenvalue weighted by atomic mass is 19.4. The van der Waals surface area contributed by atoms with Crippen LogP contribution < -0.4 is 11.1 Å². The minimum Gasteiger partial charge on any atom is -0.381 e. The summed E-state index contributed by atoms with van der Waals surface area (Å²) in [7, 11) is 0. The molecule has 0 saturated heterocycles. The number of hydrogen-bond acceptors (Lipinski definition) is 5. The van der Waals surface area contributed by atoms with Crippen molar-refractivity contribution < 1.29 is 36.2 Å². The summed E-state index contributed by atoms with van der Waals surface area (Å²) in [4.78, 5) is 20.2. The van der Waals surface area contributed by atoms with Gasteiger partial charge in [-0.3, -0.25) is 9.20 Å². The zero-order chi connectivity index (χ0) is 26.3. The second-order valence-corrected chi connectivity index (χ2v) is 9.63. The lowest BCUT2D eigenvalue weighted by atomic mass is 9.76. The number of benzene rings is 1. The predicted octanol–water partition coefficient (Wildman–Crippen LogP) is 4.11. The average molecular weight is 513 g/mol. The van der Waals surface area contributed by atoms with Crippen molar-refractivity contribution in [3.05, 3.63) is 47.4 Å². The Bertz CT molecular complexity index is 1370. The number of aryl methyl sites for hydroxylation is 1. The fourth-order valence-corrected chi connectivity index (χ4v) is 5.32. The van der Waals surface area contributed by atoms with E-state index in [4.69, 9.17) is 5.73 Å². The number of carbonyl (C=O) groups excluding carboxylic acids is 1. The van der Waals surface area contributed by atoms with E-state index in [0.29, 0.717) is 36.9 Å². The molecule has 2 heterocycles. The summed E-state index contributed by atoms with van der Waals surface area (Å²) >= 11 is 0. The first-order chi connectivity index (χ1) is 16.6. The van der Waals surface area contributed by atoms with Crippen molar-refractivity contribution in [2.24, 2.45) is 5.92 Å². The number of aromatic nitrogens is 3. The number of fused-ring (bicyclic) bond motifs is 2. The number of carbonyl (C=O) groups is 1. The summed E-state index contributed by atoms with van der Waals surface area (Å²) in [6, 6.07) is 3.16. The van der Waals surface area contributed by atoms with E-state index >= 15 is 0 Å². The SMILES string of the molecule is Cc1ccc(C(O)(C(=O)NC23CCC(C2)C3)C(F)(F)F)cc1-c1cnc2c(N)nc(C(F)(F)F)cn12. The normalized spacial score (nSPS) is 23.4. The lowest BCUT2D eigenvalue weighted by Crippen LogP contribution is -2.61. The van der Waals surface area contributed by atoms with Crippen molar-refractivity contribution in [3.8, 4) is 11.3 Å². The number of nitrogens with zero attached hydrogens (tertiary/aromatic N) is 3. The number of alkyl halides is 6. The molecule has 3 saturated carbocycles. The maximum Gasteiger partial charge on any atom is 0.434 e. The third kappa shape index (κ3) is 3.59. The number of imidazole rings is 1. The molecule has 1 atom stereocenters. The molecule has 13 heteroatoms. The second-order valence-electron chi connectivity index (χ2n) is 9.63. The molecule has 36 heavy (non-hydrogen) atoms. The van der Waals surface area contributed by atoms with Crippen molar-refractivity contribution >= 4 is 17.4 Å². The molecule has 1 amide bonds. The number of nitrogens with two attached hydrogens (primary N) is 1. The van der Waals surface area contributed by atoms with Gasteiger partial charge >= 0.3 is 12.4 Å². The smallest absolute Gasteiger partial charge is 0.381 e. The fourth-order valence-electron chi connectivity index (χ4n) is 5.32. The van der Waals surface area contributed by atoms with E-state index in [1.807, 2.05) is 0 Å². The molecule has 1 unspecified atom stereocenters. The zero-order valence-corrected chi connectivity index (χ0v) is 18.8. The first-order valence-electron chi connectivity index (χ1n) is 11.1. The van der Waals surface area contributed by atoms with Crippen LogP contribution >= 0.6 is 0 Å². The standard InChI is InChI=1S/C23H21F6N5O2/c1-11-2-3-13(21(36,23(27,28)29)19(35)33-20-5-4-12(7-20)8-20)6-14(11)15-9-31-18-17(30)32-16(10-34(15)18)22(24,25)26/h2-3,6,9-10,12,36H,4-5,7-8H2,1H3,(H2,30,32)(H,33,35). The predicted molar refractivity (Wildman–Crippen MR) is 115 cm³/mol. The van der Waals surface area contributed by atoms with Crippen molar-refractivity contribution in [2.75, 3.05) is 5.73 Å². The number of rotatable bonds is 4. The molecule has 3 aliphatic rings. The Hall–Kier alpha value is -3.35. The molecule has 3 aromatic rings. The first-order valence-corrected chi connectivity index (χ1v) is 11.1. The Kier molecular flexibility index (Phi) is 5.12. The maximum atomic E-state index is 14.2. The quantitative estimate of drug-likeness (QED) is 0.456. The third-order valence-electron chi connectivity index (χ3n) is 7.25. The molecule has 0 spiro atoms. The lowest BCUT2D eigenvalue weighted by molar-refractivity contribution is -0.258. The Labute approximate surface area is 200 Å². The summed E-state index contributed by atoms with van der Waals surface area (Å²) in [6.45, 7) is 1.52. The van der Waals surface area contributed by atoms with Crippen molar-refractivity contribution in [2.45, 2.75) is 56.1 Å². The van der Waals surface area contributed by atoms with E-state index < -0.39 is 46.5 Å². The Morgan fingerprint density at radius 1 is 1.22 bits per heavy atom. The summed E-state index contributed by atoms with van der Waals surface area (Å²) in [5, 5.41) is 13.3. The topological polar surface area (TPSA) is 106 Å². The summed E-state index contributed by atoms with van der Waals surface area (Å²) in [5.74, 6) is -1.75. The molecular weight excluding hydrogens is 492 g/mol. The molecule has 0 aliphatic heterocycles. The van der Waals surface area contributed by atoms with Gasteiger partial charge in [0.15, 0.2) is 17.2 Å². The highest BCUT2D eigenvalue weighted by Crippen LogP contribution is 2.52. The molecule has 192 valence electrons. The number of anilines is 1. The summed E-state index contributed by atoms with van der Waals surface area (Å²) in [5.41, 5.74) is -0.852. The number of halogens is 6. The Balaban J connectivity index is 1.62. The van der Waals surface area contributed by atoms with Crippen LogP contribution in [0.3, 0.4) is 0 Å². The summed E-state index contributed by atoms with van der Waals surface area (Å²) < 4.78 is 83.6. The number of amides is 1. The van der Waals surface area contributed by atoms with Gasteiger partial charge in [-0.25, -0.2) is 9.97 Å². The van der Waals surface area contributed by atoms with Gasteiger partial charge in [0.1, 0.15) is 0 Å². The van der Waals surface area contributed by atoms with Crippen LogP contribution in [0.4, 0.5) is 32.2 Å². The van der Waals surface area contributed by atoms with E-state index in [9.17, 15) is 36.2 Å². The molecule has 7 nitrogen and oxygen atoms in total. The lowest BCUT2D eigenvalue weighted by Gasteiger charge is -2.42. The molecule has 6 rings (SSSR count). The molecule has 3 fully saturated rings. The van der Waals surface area contributed by atoms with Gasteiger partial charge in [-0.15, -0.1) is 0 Å². The van der Waals surface area contributed by atoms with Crippen molar-refractivity contribution in [1.29, 1.82) is 0 Å².